The highest BCUT2D eigenvalue weighted by Gasteiger charge is 2.38. The second-order valence-electron chi connectivity index (χ2n) is 5.10. The summed E-state index contributed by atoms with van der Waals surface area (Å²) in [6.07, 6.45) is 5.66. The van der Waals surface area contributed by atoms with Gasteiger partial charge in [-0.2, -0.15) is 0 Å². The van der Waals surface area contributed by atoms with Crippen molar-refractivity contribution >= 4 is 29.9 Å². The summed E-state index contributed by atoms with van der Waals surface area (Å²) in [4.78, 5) is 4.23. The van der Waals surface area contributed by atoms with E-state index in [0.717, 1.165) is 19.0 Å². The van der Waals surface area contributed by atoms with E-state index in [-0.39, 0.29) is 29.4 Å². The van der Waals surface area contributed by atoms with Crippen LogP contribution in [0, 0.1) is 0 Å². The highest BCUT2D eigenvalue weighted by atomic mass is 127. The zero-order valence-corrected chi connectivity index (χ0v) is 14.4. The number of halogens is 1. The molecule has 2 N–H and O–H groups in total. The number of aliphatic imine (C=N–C) groups is 1. The van der Waals surface area contributed by atoms with Crippen LogP contribution < -0.4 is 10.6 Å². The number of guanidine groups is 1. The lowest BCUT2D eigenvalue weighted by atomic mass is 9.64. The van der Waals surface area contributed by atoms with E-state index in [1.807, 2.05) is 6.08 Å². The topological polar surface area (TPSA) is 36.4 Å². The molecule has 1 fully saturated rings. The molecule has 1 aromatic rings. The van der Waals surface area contributed by atoms with Crippen molar-refractivity contribution in [1.29, 1.82) is 0 Å². The predicted molar refractivity (Wildman–Crippen MR) is 96.9 cm³/mol. The molecule has 1 saturated carbocycles. The Morgan fingerprint density at radius 1 is 1.30 bits per heavy atom. The fourth-order valence-corrected chi connectivity index (χ4v) is 2.61. The van der Waals surface area contributed by atoms with E-state index in [1.54, 1.807) is 7.05 Å². The van der Waals surface area contributed by atoms with Crippen LogP contribution in [0.25, 0.3) is 0 Å². The number of nitrogens with zero attached hydrogens (tertiary/aromatic N) is 1. The van der Waals surface area contributed by atoms with Gasteiger partial charge in [-0.05, 0) is 18.4 Å². The third kappa shape index (κ3) is 3.98. The van der Waals surface area contributed by atoms with E-state index in [0.29, 0.717) is 0 Å². The van der Waals surface area contributed by atoms with E-state index >= 15 is 0 Å². The monoisotopic (exact) mass is 385 g/mol. The quantitative estimate of drug-likeness (QED) is 0.354. The van der Waals surface area contributed by atoms with E-state index < -0.39 is 0 Å². The molecule has 0 aliphatic heterocycles. The summed E-state index contributed by atoms with van der Waals surface area (Å²) in [7, 11) is 1.80. The average Bonchev–Trinajstić information content (AvgIpc) is 2.42. The first-order valence-corrected chi connectivity index (χ1v) is 6.92. The minimum absolute atomic E-state index is 0. The molecule has 1 aromatic carbocycles. The summed E-state index contributed by atoms with van der Waals surface area (Å²) in [5.41, 5.74) is 1.72. The van der Waals surface area contributed by atoms with Crippen molar-refractivity contribution in [2.45, 2.75) is 24.7 Å². The van der Waals surface area contributed by atoms with Gasteiger partial charge in [0.15, 0.2) is 5.96 Å². The van der Waals surface area contributed by atoms with E-state index in [9.17, 15) is 0 Å². The van der Waals surface area contributed by atoms with Crippen LogP contribution in [-0.4, -0.2) is 26.1 Å². The van der Waals surface area contributed by atoms with Crippen molar-refractivity contribution in [1.82, 2.24) is 10.6 Å². The third-order valence-corrected chi connectivity index (χ3v) is 3.93. The standard InChI is InChI=1S/C16H23N3.HI/c1-3-12-18-15(17-2)19-13-16(10-7-11-16)14-8-5-4-6-9-14;/h3-6,8-9H,1,7,10-13H2,2H3,(H2,17,18,19);1H. The van der Waals surface area contributed by atoms with Crippen molar-refractivity contribution in [3.05, 3.63) is 48.6 Å². The van der Waals surface area contributed by atoms with Crippen LogP contribution in [0.4, 0.5) is 0 Å². The van der Waals surface area contributed by atoms with Crippen LogP contribution in [-0.2, 0) is 5.41 Å². The molecule has 0 unspecified atom stereocenters. The second kappa shape index (κ2) is 8.29. The predicted octanol–water partition coefficient (Wildman–Crippen LogP) is 3.08. The summed E-state index contributed by atoms with van der Waals surface area (Å²) in [5.74, 6) is 0.849. The molecule has 4 heteroatoms. The normalized spacial score (nSPS) is 16.6. The van der Waals surface area contributed by atoms with Gasteiger partial charge in [-0.25, -0.2) is 0 Å². The van der Waals surface area contributed by atoms with Crippen LogP contribution in [0.2, 0.25) is 0 Å². The molecule has 110 valence electrons. The molecule has 0 heterocycles. The summed E-state index contributed by atoms with van der Waals surface area (Å²) in [6, 6.07) is 10.8. The van der Waals surface area contributed by atoms with Gasteiger partial charge in [-0.3, -0.25) is 4.99 Å². The van der Waals surface area contributed by atoms with E-state index in [4.69, 9.17) is 0 Å². The molecular weight excluding hydrogens is 361 g/mol. The Bertz CT molecular complexity index is 438. The first-order chi connectivity index (χ1) is 9.30. The van der Waals surface area contributed by atoms with E-state index in [2.05, 4.69) is 52.5 Å². The largest absolute Gasteiger partial charge is 0.356 e. The minimum Gasteiger partial charge on any atom is -0.356 e. The zero-order valence-electron chi connectivity index (χ0n) is 12.1. The van der Waals surface area contributed by atoms with Crippen molar-refractivity contribution in [2.24, 2.45) is 4.99 Å². The van der Waals surface area contributed by atoms with Crippen LogP contribution in [0.1, 0.15) is 24.8 Å². The van der Waals surface area contributed by atoms with Gasteiger partial charge in [-0.1, -0.05) is 42.8 Å². The second-order valence-corrected chi connectivity index (χ2v) is 5.10. The third-order valence-electron chi connectivity index (χ3n) is 3.93. The molecule has 0 amide bonds. The maximum Gasteiger partial charge on any atom is 0.191 e. The molecule has 0 atom stereocenters. The molecule has 0 bridgehead atoms. The van der Waals surface area contributed by atoms with Gasteiger partial charge in [0.25, 0.3) is 0 Å². The Hall–Kier alpha value is -1.04. The minimum atomic E-state index is 0. The number of benzene rings is 1. The van der Waals surface area contributed by atoms with Gasteiger partial charge in [0, 0.05) is 25.6 Å². The highest BCUT2D eigenvalue weighted by molar-refractivity contribution is 14.0. The van der Waals surface area contributed by atoms with Crippen LogP contribution in [0.3, 0.4) is 0 Å². The van der Waals surface area contributed by atoms with Crippen LogP contribution in [0.5, 0.6) is 0 Å². The molecule has 0 saturated heterocycles. The fourth-order valence-electron chi connectivity index (χ4n) is 2.61. The molecular formula is C16H24IN3. The zero-order chi connectivity index (χ0) is 13.6. The van der Waals surface area contributed by atoms with Crippen LogP contribution >= 0.6 is 24.0 Å². The van der Waals surface area contributed by atoms with Gasteiger partial charge >= 0.3 is 0 Å². The first kappa shape index (κ1) is 17.0. The lowest BCUT2D eigenvalue weighted by molar-refractivity contribution is 0.244. The average molecular weight is 385 g/mol. The van der Waals surface area contributed by atoms with Crippen molar-refractivity contribution < 1.29 is 0 Å². The van der Waals surface area contributed by atoms with Gasteiger partial charge in [-0.15, -0.1) is 30.6 Å². The molecule has 20 heavy (non-hydrogen) atoms. The summed E-state index contributed by atoms with van der Waals surface area (Å²) in [5, 5.41) is 6.65. The Labute approximate surface area is 139 Å². The fraction of sp³-hybridized carbons (Fsp3) is 0.438. The number of nitrogens with one attached hydrogen (secondary N) is 2. The Morgan fingerprint density at radius 2 is 2.00 bits per heavy atom. The number of hydrogen-bond acceptors (Lipinski definition) is 1. The van der Waals surface area contributed by atoms with Crippen LogP contribution in [0.15, 0.2) is 48.0 Å². The number of hydrogen-bond donors (Lipinski definition) is 2. The molecule has 0 radical (unpaired) electrons. The summed E-state index contributed by atoms with van der Waals surface area (Å²) in [6.45, 7) is 5.38. The van der Waals surface area contributed by atoms with E-state index in [1.165, 1.54) is 24.8 Å². The van der Waals surface area contributed by atoms with Crippen molar-refractivity contribution in [3.8, 4) is 0 Å². The Morgan fingerprint density at radius 3 is 2.50 bits per heavy atom. The van der Waals surface area contributed by atoms with Crippen molar-refractivity contribution in [3.63, 3.8) is 0 Å². The molecule has 3 nitrogen and oxygen atoms in total. The smallest absolute Gasteiger partial charge is 0.191 e. The lowest BCUT2D eigenvalue weighted by Gasteiger charge is -2.43. The molecule has 1 aliphatic carbocycles. The lowest BCUT2D eigenvalue weighted by Crippen LogP contribution is -2.48. The molecule has 0 spiro atoms. The van der Waals surface area contributed by atoms with Crippen molar-refractivity contribution in [2.75, 3.05) is 20.1 Å². The van der Waals surface area contributed by atoms with Gasteiger partial charge < -0.3 is 10.6 Å². The van der Waals surface area contributed by atoms with Gasteiger partial charge in [0.1, 0.15) is 0 Å². The van der Waals surface area contributed by atoms with Gasteiger partial charge in [0.05, 0.1) is 0 Å². The SMILES string of the molecule is C=CCNC(=NC)NCC1(c2ccccc2)CCC1.I. The summed E-state index contributed by atoms with van der Waals surface area (Å²) >= 11 is 0. The van der Waals surface area contributed by atoms with Gasteiger partial charge in [0.2, 0.25) is 0 Å². The Balaban J connectivity index is 0.00000200. The maximum atomic E-state index is 4.23. The summed E-state index contributed by atoms with van der Waals surface area (Å²) < 4.78 is 0. The maximum absolute atomic E-state index is 4.23. The molecule has 1 aliphatic rings. The highest BCUT2D eigenvalue weighted by Crippen LogP contribution is 2.43. The first-order valence-electron chi connectivity index (χ1n) is 6.92. The number of rotatable bonds is 5. The molecule has 0 aromatic heterocycles. The Kier molecular flexibility index (Phi) is 7.05. The molecule has 2 rings (SSSR count).